The van der Waals surface area contributed by atoms with Crippen molar-refractivity contribution in [2.24, 2.45) is 10.8 Å². The summed E-state index contributed by atoms with van der Waals surface area (Å²) in [5.41, 5.74) is 3.42. The molecule has 0 atom stereocenters. The zero-order chi connectivity index (χ0) is 15.5. The quantitative estimate of drug-likeness (QED) is 0.859. The summed E-state index contributed by atoms with van der Waals surface area (Å²) in [5, 5.41) is 2.33. The number of hydrogen-bond acceptors (Lipinski definition) is 4. The summed E-state index contributed by atoms with van der Waals surface area (Å²) in [6.07, 6.45) is 0.822. The lowest BCUT2D eigenvalue weighted by Crippen LogP contribution is -2.34. The van der Waals surface area contributed by atoms with Gasteiger partial charge in [-0.1, -0.05) is 41.9 Å². The molecule has 122 valence electrons. The van der Waals surface area contributed by atoms with E-state index >= 15 is 0 Å². The van der Waals surface area contributed by atoms with Crippen LogP contribution >= 0.6 is 24.0 Å². The molecule has 1 heterocycles. The second kappa shape index (κ2) is 7.68. The van der Waals surface area contributed by atoms with Crippen LogP contribution < -0.4 is 10.6 Å². The van der Waals surface area contributed by atoms with Gasteiger partial charge in [-0.05, 0) is 29.7 Å². The van der Waals surface area contributed by atoms with E-state index in [9.17, 15) is 0 Å². The second-order valence-electron chi connectivity index (χ2n) is 5.24. The summed E-state index contributed by atoms with van der Waals surface area (Å²) in [6.45, 7) is 1.54. The first kappa shape index (κ1) is 17.6. The average Bonchev–Trinajstić information content (AvgIpc) is 2.94. The van der Waals surface area contributed by atoms with Crippen molar-refractivity contribution in [2.45, 2.75) is 6.42 Å². The van der Waals surface area contributed by atoms with E-state index in [1.54, 1.807) is 12.1 Å². The van der Waals surface area contributed by atoms with E-state index in [4.69, 9.17) is 22.2 Å². The average molecular weight is 352 g/mol. The zero-order valence-corrected chi connectivity index (χ0v) is 14.4. The minimum Gasteiger partial charge on any atom is -0.495 e. The minimum atomic E-state index is 0. The van der Waals surface area contributed by atoms with E-state index in [2.05, 4.69) is 29.3 Å². The molecule has 2 N–H and O–H groups in total. The Morgan fingerprint density at radius 3 is 2.43 bits per heavy atom. The van der Waals surface area contributed by atoms with E-state index in [-0.39, 0.29) is 12.4 Å². The molecule has 23 heavy (non-hydrogen) atoms. The van der Waals surface area contributed by atoms with Crippen molar-refractivity contribution in [3.05, 3.63) is 64.2 Å². The van der Waals surface area contributed by atoms with Gasteiger partial charge in [-0.25, -0.2) is 5.84 Å². The molecule has 0 spiro atoms. The zero-order valence-electron chi connectivity index (χ0n) is 12.8. The topological polar surface area (TPSA) is 50.8 Å². The number of rotatable bonds is 4. The third kappa shape index (κ3) is 3.96. The molecule has 0 saturated heterocycles. The summed E-state index contributed by atoms with van der Waals surface area (Å²) in [6, 6.07) is 14.2. The van der Waals surface area contributed by atoms with Crippen LogP contribution in [0.3, 0.4) is 0 Å². The largest absolute Gasteiger partial charge is 0.495 e. The van der Waals surface area contributed by atoms with Gasteiger partial charge in [-0.2, -0.15) is 0 Å². The van der Waals surface area contributed by atoms with Crippen LogP contribution in [0.15, 0.2) is 47.5 Å². The Bertz CT molecular complexity index is 701. The van der Waals surface area contributed by atoms with Crippen molar-refractivity contribution in [3.63, 3.8) is 0 Å². The maximum Gasteiger partial charge on any atom is 0.145 e. The number of hydrazine groups is 1. The van der Waals surface area contributed by atoms with Crippen molar-refractivity contribution >= 4 is 29.8 Å². The molecule has 0 saturated carbocycles. The number of benzene rings is 2. The summed E-state index contributed by atoms with van der Waals surface area (Å²) in [7, 11) is 1.62. The van der Waals surface area contributed by atoms with Gasteiger partial charge in [0.25, 0.3) is 0 Å². The van der Waals surface area contributed by atoms with Crippen LogP contribution in [0.25, 0.3) is 0 Å². The Kier molecular flexibility index (Phi) is 5.88. The highest BCUT2D eigenvalue weighted by Gasteiger charge is 2.14. The number of hydrogen-bond donors (Lipinski definition) is 1. The van der Waals surface area contributed by atoms with Gasteiger partial charge in [0.1, 0.15) is 11.6 Å². The molecular formula is C17H19Cl2N3O. The van der Waals surface area contributed by atoms with Gasteiger partial charge >= 0.3 is 0 Å². The molecule has 1 aliphatic rings. The standard InChI is InChI=1S/C17H18ClN3O.ClH/c1-22-16-7-4-13(11-15(16)18)10-12-2-5-14(6-3-12)17-20-8-9-21(17)19;/h2-7,11H,8-10,19H2,1H3;1H. The smallest absolute Gasteiger partial charge is 0.145 e. The molecule has 0 fully saturated rings. The third-order valence-corrected chi connectivity index (χ3v) is 4.01. The number of nitrogens with zero attached hydrogens (tertiary/aromatic N) is 2. The van der Waals surface area contributed by atoms with Gasteiger partial charge in [0.15, 0.2) is 0 Å². The molecule has 2 aromatic carbocycles. The molecule has 0 bridgehead atoms. The molecule has 4 nitrogen and oxygen atoms in total. The Labute approximate surface area is 147 Å². The van der Waals surface area contributed by atoms with Crippen LogP contribution in [-0.2, 0) is 6.42 Å². The molecule has 0 amide bonds. The summed E-state index contributed by atoms with van der Waals surface area (Å²) < 4.78 is 5.17. The van der Waals surface area contributed by atoms with E-state index < -0.39 is 0 Å². The van der Waals surface area contributed by atoms with Crippen molar-refractivity contribution in [1.82, 2.24) is 5.01 Å². The van der Waals surface area contributed by atoms with Gasteiger partial charge in [-0.3, -0.25) is 10.0 Å². The number of aliphatic imine (C=N–C) groups is 1. The third-order valence-electron chi connectivity index (χ3n) is 3.71. The van der Waals surface area contributed by atoms with Crippen molar-refractivity contribution in [3.8, 4) is 5.75 Å². The highest BCUT2D eigenvalue weighted by molar-refractivity contribution is 6.32. The lowest BCUT2D eigenvalue weighted by atomic mass is 10.0. The monoisotopic (exact) mass is 351 g/mol. The van der Waals surface area contributed by atoms with Gasteiger partial charge in [0.05, 0.1) is 25.2 Å². The van der Waals surface area contributed by atoms with Gasteiger partial charge < -0.3 is 4.74 Å². The fraction of sp³-hybridized carbons (Fsp3) is 0.235. The highest BCUT2D eigenvalue weighted by atomic mass is 35.5. The molecule has 0 radical (unpaired) electrons. The van der Waals surface area contributed by atoms with Crippen LogP contribution in [0.4, 0.5) is 0 Å². The number of ether oxygens (including phenoxy) is 1. The number of halogens is 2. The Hall–Kier alpha value is -1.75. The molecule has 0 aliphatic carbocycles. The van der Waals surface area contributed by atoms with Crippen LogP contribution in [0.2, 0.25) is 5.02 Å². The van der Waals surface area contributed by atoms with Crippen molar-refractivity contribution in [2.75, 3.05) is 20.2 Å². The predicted molar refractivity (Wildman–Crippen MR) is 96.8 cm³/mol. The van der Waals surface area contributed by atoms with Crippen LogP contribution in [0.5, 0.6) is 5.75 Å². The fourth-order valence-corrected chi connectivity index (χ4v) is 2.82. The maximum atomic E-state index is 6.16. The minimum absolute atomic E-state index is 0. The van der Waals surface area contributed by atoms with Gasteiger partial charge in [-0.15, -0.1) is 12.4 Å². The molecule has 0 unspecified atom stereocenters. The Morgan fingerprint density at radius 1 is 1.17 bits per heavy atom. The highest BCUT2D eigenvalue weighted by Crippen LogP contribution is 2.26. The normalized spacial score (nSPS) is 13.5. The van der Waals surface area contributed by atoms with E-state index in [0.29, 0.717) is 10.8 Å². The Morgan fingerprint density at radius 2 is 1.87 bits per heavy atom. The number of methoxy groups -OCH3 is 1. The molecular weight excluding hydrogens is 333 g/mol. The Balaban J connectivity index is 0.00000192. The fourth-order valence-electron chi connectivity index (χ4n) is 2.54. The first-order valence-corrected chi connectivity index (χ1v) is 7.53. The number of nitrogens with two attached hydrogens (primary N) is 1. The van der Waals surface area contributed by atoms with Crippen LogP contribution in [-0.4, -0.2) is 31.0 Å². The van der Waals surface area contributed by atoms with Gasteiger partial charge in [0, 0.05) is 5.56 Å². The lowest BCUT2D eigenvalue weighted by molar-refractivity contribution is 0.415. The second-order valence-corrected chi connectivity index (χ2v) is 5.65. The van der Waals surface area contributed by atoms with Gasteiger partial charge in [0.2, 0.25) is 0 Å². The van der Waals surface area contributed by atoms with E-state index in [0.717, 1.165) is 36.5 Å². The molecule has 0 aromatic heterocycles. The van der Waals surface area contributed by atoms with Crippen molar-refractivity contribution < 1.29 is 4.74 Å². The van der Waals surface area contributed by atoms with Crippen LogP contribution in [0.1, 0.15) is 16.7 Å². The van der Waals surface area contributed by atoms with Crippen LogP contribution in [0, 0.1) is 0 Å². The van der Waals surface area contributed by atoms with E-state index in [1.165, 1.54) is 5.56 Å². The maximum absolute atomic E-state index is 6.16. The molecule has 3 rings (SSSR count). The predicted octanol–water partition coefficient (Wildman–Crippen LogP) is 3.30. The molecule has 1 aliphatic heterocycles. The van der Waals surface area contributed by atoms with Crippen molar-refractivity contribution in [1.29, 1.82) is 0 Å². The SMILES string of the molecule is COc1ccc(Cc2ccc(C3=NCCN3N)cc2)cc1Cl.Cl. The van der Waals surface area contributed by atoms with E-state index in [1.807, 2.05) is 18.2 Å². The lowest BCUT2D eigenvalue weighted by Gasteiger charge is -2.13. The summed E-state index contributed by atoms with van der Waals surface area (Å²) >= 11 is 6.16. The molecule has 6 heteroatoms. The summed E-state index contributed by atoms with van der Waals surface area (Å²) in [4.78, 5) is 4.42. The molecule has 2 aromatic rings. The first-order valence-electron chi connectivity index (χ1n) is 7.16. The summed E-state index contributed by atoms with van der Waals surface area (Å²) in [5.74, 6) is 7.45. The first-order chi connectivity index (χ1) is 10.7. The number of amidine groups is 1.